The third-order valence-corrected chi connectivity index (χ3v) is 3.30. The normalized spacial score (nSPS) is 12.6. The predicted molar refractivity (Wildman–Crippen MR) is 70.1 cm³/mol. The van der Waals surface area contributed by atoms with Crippen LogP contribution in [0.3, 0.4) is 0 Å². The number of nitrogen functional groups attached to an aromatic ring is 1. The van der Waals surface area contributed by atoms with E-state index in [-0.39, 0.29) is 0 Å². The van der Waals surface area contributed by atoms with Crippen molar-refractivity contribution in [2.24, 2.45) is 0 Å². The summed E-state index contributed by atoms with van der Waals surface area (Å²) in [7, 11) is 0. The Bertz CT molecular complexity index is 522. The van der Waals surface area contributed by atoms with Crippen LogP contribution in [-0.4, -0.2) is 5.16 Å². The quantitative estimate of drug-likeness (QED) is 0.893. The lowest BCUT2D eigenvalue weighted by molar-refractivity contribution is 0.421. The maximum atomic E-state index is 6.18. The average molecular weight is 251 g/mol. The minimum Gasteiger partial charge on any atom is -0.367 e. The van der Waals surface area contributed by atoms with Crippen LogP contribution < -0.4 is 5.73 Å². The van der Waals surface area contributed by atoms with Gasteiger partial charge in [0, 0.05) is 16.5 Å². The van der Waals surface area contributed by atoms with E-state index in [0.717, 1.165) is 23.2 Å². The molecule has 2 N–H and O–H groups in total. The van der Waals surface area contributed by atoms with Crippen LogP contribution >= 0.6 is 11.6 Å². The molecule has 90 valence electrons. The van der Waals surface area contributed by atoms with Gasteiger partial charge in [0.15, 0.2) is 0 Å². The molecule has 0 aliphatic heterocycles. The number of halogens is 1. The minimum atomic E-state index is 0.294. The van der Waals surface area contributed by atoms with Gasteiger partial charge in [0.1, 0.15) is 0 Å². The monoisotopic (exact) mass is 250 g/mol. The molecule has 2 aromatic rings. The summed E-state index contributed by atoms with van der Waals surface area (Å²) < 4.78 is 5.10. The molecule has 0 saturated heterocycles. The van der Waals surface area contributed by atoms with Crippen LogP contribution in [0.25, 0.3) is 11.1 Å². The van der Waals surface area contributed by atoms with Crippen molar-refractivity contribution in [3.63, 3.8) is 0 Å². The number of nitrogens with zero attached hydrogens (tertiary/aromatic N) is 1. The first-order chi connectivity index (χ1) is 8.15. The Hall–Kier alpha value is -1.48. The lowest BCUT2D eigenvalue weighted by Gasteiger charge is -2.08. The third kappa shape index (κ3) is 2.15. The third-order valence-electron chi connectivity index (χ3n) is 2.97. The highest BCUT2D eigenvalue weighted by molar-refractivity contribution is 6.33. The second-order valence-electron chi connectivity index (χ2n) is 4.10. The molecule has 0 aliphatic carbocycles. The summed E-state index contributed by atoms with van der Waals surface area (Å²) >= 11 is 6.18. The molecule has 0 spiro atoms. The van der Waals surface area contributed by atoms with Gasteiger partial charge in [-0.2, -0.15) is 0 Å². The van der Waals surface area contributed by atoms with E-state index in [0.29, 0.717) is 16.8 Å². The second kappa shape index (κ2) is 4.80. The van der Waals surface area contributed by atoms with Crippen LogP contribution in [0.1, 0.15) is 31.9 Å². The number of hydrogen-bond acceptors (Lipinski definition) is 3. The molecule has 0 bridgehead atoms. The van der Waals surface area contributed by atoms with E-state index in [1.54, 1.807) is 0 Å². The Kier molecular flexibility index (Phi) is 3.38. The number of rotatable bonds is 3. The molecule has 0 radical (unpaired) electrons. The van der Waals surface area contributed by atoms with Gasteiger partial charge in [0.2, 0.25) is 5.88 Å². The first-order valence-electron chi connectivity index (χ1n) is 5.65. The molecule has 1 unspecified atom stereocenters. The molecule has 1 aromatic heterocycles. The fourth-order valence-corrected chi connectivity index (χ4v) is 2.01. The van der Waals surface area contributed by atoms with Crippen LogP contribution in [0.15, 0.2) is 28.8 Å². The van der Waals surface area contributed by atoms with Crippen LogP contribution in [0.4, 0.5) is 5.88 Å². The molecule has 1 atom stereocenters. The minimum absolute atomic E-state index is 0.294. The Balaban J connectivity index is 2.59. The highest BCUT2D eigenvalue weighted by Crippen LogP contribution is 2.38. The van der Waals surface area contributed by atoms with Crippen molar-refractivity contribution in [2.75, 3.05) is 5.73 Å². The van der Waals surface area contributed by atoms with E-state index in [9.17, 15) is 0 Å². The first kappa shape index (κ1) is 12.0. The van der Waals surface area contributed by atoms with Crippen molar-refractivity contribution in [2.45, 2.75) is 26.2 Å². The van der Waals surface area contributed by atoms with E-state index >= 15 is 0 Å². The molecule has 2 rings (SSSR count). The van der Waals surface area contributed by atoms with Gasteiger partial charge in [0.25, 0.3) is 0 Å². The Labute approximate surface area is 106 Å². The van der Waals surface area contributed by atoms with Crippen molar-refractivity contribution in [1.29, 1.82) is 0 Å². The van der Waals surface area contributed by atoms with Crippen molar-refractivity contribution in [3.05, 3.63) is 35.0 Å². The summed E-state index contributed by atoms with van der Waals surface area (Å²) in [6.45, 7) is 4.20. The van der Waals surface area contributed by atoms with Crippen molar-refractivity contribution in [1.82, 2.24) is 5.16 Å². The smallest absolute Gasteiger partial charge is 0.230 e. The van der Waals surface area contributed by atoms with Crippen LogP contribution in [0.5, 0.6) is 0 Å². The van der Waals surface area contributed by atoms with E-state index in [4.69, 9.17) is 21.9 Å². The maximum absolute atomic E-state index is 6.18. The fraction of sp³-hybridized carbons (Fsp3) is 0.308. The molecule has 3 nitrogen and oxygen atoms in total. The Morgan fingerprint density at radius 2 is 2.12 bits per heavy atom. The molecule has 1 aromatic carbocycles. The van der Waals surface area contributed by atoms with Crippen molar-refractivity contribution in [3.8, 4) is 11.1 Å². The van der Waals surface area contributed by atoms with Gasteiger partial charge in [-0.3, -0.25) is 0 Å². The zero-order valence-corrected chi connectivity index (χ0v) is 10.7. The first-order valence-corrected chi connectivity index (χ1v) is 6.02. The summed E-state index contributed by atoms with van der Waals surface area (Å²) in [5.74, 6) is 0.621. The van der Waals surface area contributed by atoms with Gasteiger partial charge >= 0.3 is 0 Å². The molecule has 0 aliphatic rings. The highest BCUT2D eigenvalue weighted by atomic mass is 35.5. The highest BCUT2D eigenvalue weighted by Gasteiger charge is 2.21. The summed E-state index contributed by atoms with van der Waals surface area (Å²) in [6.07, 6.45) is 0.976. The van der Waals surface area contributed by atoms with Crippen molar-refractivity contribution >= 4 is 17.5 Å². The largest absolute Gasteiger partial charge is 0.367 e. The predicted octanol–water partition coefficient (Wildman–Crippen LogP) is 4.09. The summed E-state index contributed by atoms with van der Waals surface area (Å²) in [5, 5.41) is 4.70. The lowest BCUT2D eigenvalue weighted by atomic mass is 9.96. The summed E-state index contributed by atoms with van der Waals surface area (Å²) in [6, 6.07) is 7.58. The van der Waals surface area contributed by atoms with E-state index in [2.05, 4.69) is 19.0 Å². The summed E-state index contributed by atoms with van der Waals surface area (Å²) in [5.41, 5.74) is 8.42. The fourth-order valence-electron chi connectivity index (χ4n) is 1.78. The van der Waals surface area contributed by atoms with E-state index in [1.807, 2.05) is 24.3 Å². The van der Waals surface area contributed by atoms with Gasteiger partial charge in [-0.15, -0.1) is 0 Å². The lowest BCUT2D eigenvalue weighted by Crippen LogP contribution is -1.96. The van der Waals surface area contributed by atoms with Gasteiger partial charge in [-0.05, 0) is 12.5 Å². The topological polar surface area (TPSA) is 52.0 Å². The number of hydrogen-bond donors (Lipinski definition) is 1. The molecule has 4 heteroatoms. The second-order valence-corrected chi connectivity index (χ2v) is 4.50. The molecule has 0 amide bonds. The molecular weight excluding hydrogens is 236 g/mol. The van der Waals surface area contributed by atoms with Crippen molar-refractivity contribution < 1.29 is 4.52 Å². The molecule has 0 fully saturated rings. The number of benzene rings is 1. The van der Waals surface area contributed by atoms with E-state index < -0.39 is 0 Å². The van der Waals surface area contributed by atoms with Crippen LogP contribution in [0, 0.1) is 0 Å². The number of anilines is 1. The van der Waals surface area contributed by atoms with Gasteiger partial charge in [-0.25, -0.2) is 0 Å². The zero-order chi connectivity index (χ0) is 12.4. The SMILES string of the molecule is CCC(C)c1noc(N)c1-c1ccccc1Cl. The molecule has 0 saturated carbocycles. The molecule has 1 heterocycles. The van der Waals surface area contributed by atoms with Gasteiger partial charge < -0.3 is 10.3 Å². The van der Waals surface area contributed by atoms with E-state index in [1.165, 1.54) is 0 Å². The molecular formula is C13H15ClN2O. The molecule has 17 heavy (non-hydrogen) atoms. The average Bonchev–Trinajstić information content (AvgIpc) is 2.71. The van der Waals surface area contributed by atoms with Crippen LogP contribution in [0.2, 0.25) is 5.02 Å². The maximum Gasteiger partial charge on any atom is 0.230 e. The van der Waals surface area contributed by atoms with Gasteiger partial charge in [0.05, 0.1) is 11.3 Å². The Morgan fingerprint density at radius 1 is 1.41 bits per heavy atom. The zero-order valence-electron chi connectivity index (χ0n) is 9.90. The number of aromatic nitrogens is 1. The number of nitrogens with two attached hydrogens (primary N) is 1. The van der Waals surface area contributed by atoms with Gasteiger partial charge in [-0.1, -0.05) is 48.8 Å². The summed E-state index contributed by atoms with van der Waals surface area (Å²) in [4.78, 5) is 0. The van der Waals surface area contributed by atoms with Crippen LogP contribution in [-0.2, 0) is 0 Å². The standard InChI is InChI=1S/C13H15ClN2O/c1-3-8(2)12-11(13(15)17-16-12)9-6-4-5-7-10(9)14/h4-8H,3,15H2,1-2H3. The Morgan fingerprint density at radius 3 is 2.76 bits per heavy atom.